The molecule has 0 unspecified atom stereocenters. The van der Waals surface area contributed by atoms with Gasteiger partial charge in [0, 0.05) is 16.2 Å². The van der Waals surface area contributed by atoms with Gasteiger partial charge in [-0.05, 0) is 25.7 Å². The molecular weight excluding hydrogens is 226 g/mol. The molecule has 2 rings (SSSR count). The number of aromatic nitrogens is 1. The van der Waals surface area contributed by atoms with Crippen LogP contribution in [0.1, 0.15) is 29.9 Å². The zero-order chi connectivity index (χ0) is 10.2. The molecule has 4 nitrogen and oxygen atoms in total. The van der Waals surface area contributed by atoms with E-state index < -0.39 is 9.05 Å². The van der Waals surface area contributed by atoms with Gasteiger partial charge in [-0.15, -0.1) is 0 Å². The van der Waals surface area contributed by atoms with E-state index in [4.69, 9.17) is 15.2 Å². The Balaban J connectivity index is 2.31. The molecule has 0 fully saturated rings. The molecule has 0 atom stereocenters. The van der Waals surface area contributed by atoms with Gasteiger partial charge < -0.3 is 4.52 Å². The lowest BCUT2D eigenvalue weighted by Gasteiger charge is -2.08. The van der Waals surface area contributed by atoms with Crippen molar-refractivity contribution in [2.24, 2.45) is 0 Å². The lowest BCUT2D eigenvalue weighted by molar-refractivity contribution is 0.386. The molecule has 1 heterocycles. The van der Waals surface area contributed by atoms with Gasteiger partial charge >= 0.3 is 0 Å². The number of nitrogens with zero attached hydrogens (tertiary/aromatic N) is 1. The molecule has 78 valence electrons. The van der Waals surface area contributed by atoms with Crippen molar-refractivity contribution in [1.82, 2.24) is 5.16 Å². The molecule has 1 aromatic rings. The third-order valence-corrected chi connectivity index (χ3v) is 3.28. The third kappa shape index (κ3) is 2.09. The minimum Gasteiger partial charge on any atom is -0.360 e. The van der Waals surface area contributed by atoms with Gasteiger partial charge in [-0.1, -0.05) is 5.16 Å². The second-order valence-electron chi connectivity index (χ2n) is 3.42. The van der Waals surface area contributed by atoms with Crippen molar-refractivity contribution in [3.8, 4) is 0 Å². The normalized spacial score (nSPS) is 16.6. The molecule has 0 N–H and O–H groups in total. The van der Waals surface area contributed by atoms with Crippen LogP contribution in [-0.4, -0.2) is 13.6 Å². The molecule has 0 spiro atoms. The highest BCUT2D eigenvalue weighted by Crippen LogP contribution is 2.25. The molecule has 0 aliphatic heterocycles. The van der Waals surface area contributed by atoms with Gasteiger partial charge in [0.05, 0.1) is 5.69 Å². The van der Waals surface area contributed by atoms with Crippen molar-refractivity contribution < 1.29 is 12.9 Å². The van der Waals surface area contributed by atoms with Crippen molar-refractivity contribution in [1.29, 1.82) is 0 Å². The number of rotatable bonds is 2. The fraction of sp³-hybridized carbons (Fsp3) is 0.625. The van der Waals surface area contributed by atoms with E-state index in [9.17, 15) is 8.42 Å². The summed E-state index contributed by atoms with van der Waals surface area (Å²) in [6, 6.07) is 0. The van der Waals surface area contributed by atoms with Crippen molar-refractivity contribution in [3.63, 3.8) is 0 Å². The van der Waals surface area contributed by atoms with Gasteiger partial charge in [0.25, 0.3) is 0 Å². The molecule has 14 heavy (non-hydrogen) atoms. The molecule has 1 aliphatic carbocycles. The summed E-state index contributed by atoms with van der Waals surface area (Å²) in [4.78, 5) is 0. The molecule has 0 aromatic carbocycles. The number of aryl methyl sites for hydroxylation is 1. The first-order valence-electron chi connectivity index (χ1n) is 4.45. The van der Waals surface area contributed by atoms with Crippen molar-refractivity contribution >= 4 is 19.7 Å². The Labute approximate surface area is 86.6 Å². The first-order valence-corrected chi connectivity index (χ1v) is 6.93. The van der Waals surface area contributed by atoms with Crippen LogP contribution in [0.15, 0.2) is 4.52 Å². The number of halogens is 1. The summed E-state index contributed by atoms with van der Waals surface area (Å²) >= 11 is 0. The van der Waals surface area contributed by atoms with Crippen LogP contribution >= 0.6 is 10.7 Å². The van der Waals surface area contributed by atoms with Gasteiger partial charge in [-0.2, -0.15) is 0 Å². The fourth-order valence-electron chi connectivity index (χ4n) is 1.73. The van der Waals surface area contributed by atoms with E-state index in [2.05, 4.69) is 5.16 Å². The van der Waals surface area contributed by atoms with E-state index in [-0.39, 0.29) is 5.75 Å². The lowest BCUT2D eigenvalue weighted by atomic mass is 9.96. The van der Waals surface area contributed by atoms with Gasteiger partial charge in [0.1, 0.15) is 5.75 Å². The van der Waals surface area contributed by atoms with Crippen molar-refractivity contribution in [3.05, 3.63) is 17.0 Å². The molecule has 0 saturated carbocycles. The molecule has 1 aromatic heterocycles. The molecule has 0 bridgehead atoms. The Bertz CT molecular complexity index is 437. The molecule has 0 radical (unpaired) electrons. The third-order valence-electron chi connectivity index (χ3n) is 2.34. The maximum atomic E-state index is 10.9. The monoisotopic (exact) mass is 235 g/mol. The maximum Gasteiger partial charge on any atom is 0.239 e. The summed E-state index contributed by atoms with van der Waals surface area (Å²) in [5.74, 6) is 0.159. The summed E-state index contributed by atoms with van der Waals surface area (Å²) in [5.41, 5.74) is 1.84. The Morgan fingerprint density at radius 2 is 2.07 bits per heavy atom. The fourth-order valence-corrected chi connectivity index (χ4v) is 2.56. The first-order chi connectivity index (χ1) is 6.56. The van der Waals surface area contributed by atoms with E-state index in [1.807, 2.05) is 0 Å². The number of hydrogen-bond acceptors (Lipinski definition) is 4. The Morgan fingerprint density at radius 1 is 1.36 bits per heavy atom. The summed E-state index contributed by atoms with van der Waals surface area (Å²) in [6.45, 7) is 0. The van der Waals surface area contributed by atoms with Crippen LogP contribution in [0.4, 0.5) is 0 Å². The maximum absolute atomic E-state index is 10.9. The highest BCUT2D eigenvalue weighted by Gasteiger charge is 2.22. The topological polar surface area (TPSA) is 60.2 Å². The summed E-state index contributed by atoms with van der Waals surface area (Å²) in [7, 11) is 1.61. The lowest BCUT2D eigenvalue weighted by Crippen LogP contribution is -2.04. The van der Waals surface area contributed by atoms with E-state index in [1.165, 1.54) is 0 Å². The number of fused-ring (bicyclic) bond motifs is 1. The Kier molecular flexibility index (Phi) is 2.53. The quantitative estimate of drug-likeness (QED) is 0.731. The molecular formula is C8H10ClNO3S. The second kappa shape index (κ2) is 3.55. The van der Waals surface area contributed by atoms with Crippen LogP contribution < -0.4 is 0 Å². The van der Waals surface area contributed by atoms with Crippen LogP contribution in [0, 0.1) is 0 Å². The van der Waals surface area contributed by atoms with Crippen LogP contribution in [0.3, 0.4) is 0 Å². The van der Waals surface area contributed by atoms with Gasteiger partial charge in [-0.25, -0.2) is 8.42 Å². The predicted molar refractivity (Wildman–Crippen MR) is 51.6 cm³/mol. The first kappa shape index (κ1) is 9.98. The van der Waals surface area contributed by atoms with Gasteiger partial charge in [0.2, 0.25) is 9.05 Å². The van der Waals surface area contributed by atoms with Crippen LogP contribution in [-0.2, 0) is 27.6 Å². The SMILES string of the molecule is O=S(=O)(Cl)Cc1onc2c1CCCC2. The Hall–Kier alpha value is -0.550. The average Bonchev–Trinajstić information content (AvgIpc) is 2.47. The average molecular weight is 236 g/mol. The van der Waals surface area contributed by atoms with Crippen LogP contribution in [0.2, 0.25) is 0 Å². The predicted octanol–water partition coefficient (Wildman–Crippen LogP) is 1.62. The molecule has 1 aliphatic rings. The standard InChI is InChI=1S/C8H10ClNO3S/c9-14(11,12)5-8-6-3-1-2-4-7(6)10-13-8/h1-5H2. The molecule has 0 saturated heterocycles. The van der Waals surface area contributed by atoms with Gasteiger partial charge in [-0.3, -0.25) is 0 Å². The Morgan fingerprint density at radius 3 is 2.79 bits per heavy atom. The van der Waals surface area contributed by atoms with Crippen molar-refractivity contribution in [2.75, 3.05) is 0 Å². The highest BCUT2D eigenvalue weighted by molar-refractivity contribution is 8.13. The zero-order valence-electron chi connectivity index (χ0n) is 7.49. The van der Waals surface area contributed by atoms with Crippen LogP contribution in [0.5, 0.6) is 0 Å². The van der Waals surface area contributed by atoms with E-state index in [0.29, 0.717) is 5.76 Å². The van der Waals surface area contributed by atoms with Crippen molar-refractivity contribution in [2.45, 2.75) is 31.4 Å². The molecule has 0 amide bonds. The summed E-state index contributed by atoms with van der Waals surface area (Å²) in [5, 5.41) is 3.84. The largest absolute Gasteiger partial charge is 0.360 e. The molecule has 6 heteroatoms. The second-order valence-corrected chi connectivity index (χ2v) is 6.20. The zero-order valence-corrected chi connectivity index (χ0v) is 9.07. The minimum absolute atomic E-state index is 0.253. The summed E-state index contributed by atoms with van der Waals surface area (Å²) in [6.07, 6.45) is 3.87. The summed E-state index contributed by atoms with van der Waals surface area (Å²) < 4.78 is 26.7. The van der Waals surface area contributed by atoms with E-state index in [1.54, 1.807) is 0 Å². The van der Waals surface area contributed by atoms with E-state index >= 15 is 0 Å². The smallest absolute Gasteiger partial charge is 0.239 e. The minimum atomic E-state index is -3.54. The van der Waals surface area contributed by atoms with Crippen LogP contribution in [0.25, 0.3) is 0 Å². The number of hydrogen-bond donors (Lipinski definition) is 0. The van der Waals surface area contributed by atoms with E-state index in [0.717, 1.165) is 36.9 Å². The highest BCUT2D eigenvalue weighted by atomic mass is 35.7. The van der Waals surface area contributed by atoms with Gasteiger partial charge in [0.15, 0.2) is 5.76 Å².